The first kappa shape index (κ1) is 10.1. The van der Waals surface area contributed by atoms with E-state index in [-0.39, 0.29) is 0 Å². The molecule has 0 radical (unpaired) electrons. The number of unbranched alkanes of at least 4 members (excludes halogenated alkanes) is 1. The monoisotopic (exact) mass is 181 g/mol. The summed E-state index contributed by atoms with van der Waals surface area (Å²) in [6.45, 7) is 6.44. The summed E-state index contributed by atoms with van der Waals surface area (Å²) in [5.74, 6) is 1.01. The van der Waals surface area contributed by atoms with Crippen LogP contribution in [0, 0.1) is 0 Å². The fourth-order valence-electron chi connectivity index (χ4n) is 1.22. The first-order valence-corrected chi connectivity index (χ1v) is 5.13. The molecule has 0 saturated carbocycles. The van der Waals surface area contributed by atoms with Crippen molar-refractivity contribution in [2.45, 2.75) is 39.7 Å². The van der Waals surface area contributed by atoms with E-state index in [1.807, 2.05) is 12.4 Å². The molecule has 3 heteroatoms. The highest BCUT2D eigenvalue weighted by Crippen LogP contribution is 2.05. The lowest BCUT2D eigenvalue weighted by atomic mass is 10.3. The lowest BCUT2D eigenvalue weighted by Gasteiger charge is -2.07. The third-order valence-corrected chi connectivity index (χ3v) is 2.00. The zero-order valence-corrected chi connectivity index (χ0v) is 8.58. The highest BCUT2D eigenvalue weighted by molar-refractivity contribution is 5.25. The highest BCUT2D eigenvalue weighted by atomic mass is 15.2. The molecule has 0 aromatic carbocycles. The number of nitrogens with one attached hydrogen (secondary N) is 1. The van der Waals surface area contributed by atoms with Crippen LogP contribution in [0.4, 0.5) is 5.95 Å². The Labute approximate surface area is 80.2 Å². The Kier molecular flexibility index (Phi) is 4.36. The Hall–Kier alpha value is -0.990. The second-order valence-electron chi connectivity index (χ2n) is 3.22. The van der Waals surface area contributed by atoms with E-state index < -0.39 is 0 Å². The van der Waals surface area contributed by atoms with Crippen molar-refractivity contribution in [1.82, 2.24) is 9.55 Å². The fraction of sp³-hybridized carbons (Fsp3) is 0.700. The molecule has 1 rings (SSSR count). The summed E-state index contributed by atoms with van der Waals surface area (Å²) in [4.78, 5) is 4.26. The molecule has 0 unspecified atom stereocenters. The zero-order chi connectivity index (χ0) is 9.52. The normalized spacial score (nSPS) is 10.3. The Morgan fingerprint density at radius 3 is 2.92 bits per heavy atom. The largest absolute Gasteiger partial charge is 0.356 e. The van der Waals surface area contributed by atoms with Crippen molar-refractivity contribution in [2.24, 2.45) is 0 Å². The molecule has 0 aliphatic carbocycles. The number of nitrogens with zero attached hydrogens (tertiary/aromatic N) is 2. The molecule has 0 fully saturated rings. The van der Waals surface area contributed by atoms with E-state index in [4.69, 9.17) is 0 Å². The van der Waals surface area contributed by atoms with Gasteiger partial charge in [0, 0.05) is 25.5 Å². The van der Waals surface area contributed by atoms with Crippen molar-refractivity contribution in [3.63, 3.8) is 0 Å². The second-order valence-corrected chi connectivity index (χ2v) is 3.22. The van der Waals surface area contributed by atoms with E-state index in [9.17, 15) is 0 Å². The molecule has 1 aromatic heterocycles. The van der Waals surface area contributed by atoms with Gasteiger partial charge in [-0.25, -0.2) is 4.98 Å². The fourth-order valence-corrected chi connectivity index (χ4v) is 1.22. The van der Waals surface area contributed by atoms with Gasteiger partial charge >= 0.3 is 0 Å². The van der Waals surface area contributed by atoms with Crippen molar-refractivity contribution < 1.29 is 0 Å². The number of aryl methyl sites for hydroxylation is 1. The maximum absolute atomic E-state index is 4.26. The van der Waals surface area contributed by atoms with Gasteiger partial charge in [0.15, 0.2) is 0 Å². The number of rotatable bonds is 6. The third kappa shape index (κ3) is 3.09. The van der Waals surface area contributed by atoms with Crippen LogP contribution in [0.25, 0.3) is 0 Å². The number of hydrogen-bond acceptors (Lipinski definition) is 2. The van der Waals surface area contributed by atoms with Crippen LogP contribution in [-0.2, 0) is 6.54 Å². The molecule has 74 valence electrons. The molecule has 0 amide bonds. The minimum atomic E-state index is 1.00. The molecule has 0 aliphatic rings. The van der Waals surface area contributed by atoms with Crippen molar-refractivity contribution in [2.75, 3.05) is 11.9 Å². The molecule has 0 aliphatic heterocycles. The molecular formula is C10H19N3. The van der Waals surface area contributed by atoms with Crippen molar-refractivity contribution in [3.05, 3.63) is 12.4 Å². The van der Waals surface area contributed by atoms with Crippen LogP contribution in [0.3, 0.4) is 0 Å². The molecule has 0 spiro atoms. The van der Waals surface area contributed by atoms with Crippen molar-refractivity contribution >= 4 is 5.95 Å². The van der Waals surface area contributed by atoms with E-state index in [1.165, 1.54) is 12.8 Å². The lowest BCUT2D eigenvalue weighted by molar-refractivity contribution is 0.634. The first-order chi connectivity index (χ1) is 6.38. The summed E-state index contributed by atoms with van der Waals surface area (Å²) < 4.78 is 2.18. The van der Waals surface area contributed by atoms with Gasteiger partial charge in [-0.1, -0.05) is 20.3 Å². The van der Waals surface area contributed by atoms with E-state index in [2.05, 4.69) is 28.7 Å². The number of aromatic nitrogens is 2. The summed E-state index contributed by atoms with van der Waals surface area (Å²) in [6, 6.07) is 0. The van der Waals surface area contributed by atoms with Gasteiger partial charge in [0.2, 0.25) is 5.95 Å². The van der Waals surface area contributed by atoms with Gasteiger partial charge in [-0.3, -0.25) is 0 Å². The smallest absolute Gasteiger partial charge is 0.202 e. The molecule has 1 N–H and O–H groups in total. The number of imidazole rings is 1. The minimum Gasteiger partial charge on any atom is -0.356 e. The van der Waals surface area contributed by atoms with Crippen LogP contribution in [0.2, 0.25) is 0 Å². The standard InChI is InChI=1S/C10H19N3/c1-3-5-8-13-9-7-12-10(13)11-6-4-2/h7,9H,3-6,8H2,1-2H3,(H,11,12). The van der Waals surface area contributed by atoms with Crippen LogP contribution in [0.5, 0.6) is 0 Å². The van der Waals surface area contributed by atoms with Gasteiger partial charge in [-0.2, -0.15) is 0 Å². The molecule has 13 heavy (non-hydrogen) atoms. The zero-order valence-electron chi connectivity index (χ0n) is 8.58. The van der Waals surface area contributed by atoms with Crippen molar-refractivity contribution in [3.8, 4) is 0 Å². The Morgan fingerprint density at radius 1 is 1.38 bits per heavy atom. The maximum atomic E-state index is 4.26. The Balaban J connectivity index is 2.45. The molecule has 0 bridgehead atoms. The molecule has 1 aromatic rings. The summed E-state index contributed by atoms with van der Waals surface area (Å²) in [7, 11) is 0. The predicted molar refractivity (Wildman–Crippen MR) is 55.9 cm³/mol. The highest BCUT2D eigenvalue weighted by Gasteiger charge is 1.99. The van der Waals surface area contributed by atoms with Gasteiger partial charge in [-0.05, 0) is 12.8 Å². The van der Waals surface area contributed by atoms with Crippen LogP contribution in [-0.4, -0.2) is 16.1 Å². The number of anilines is 1. The van der Waals surface area contributed by atoms with Crippen LogP contribution < -0.4 is 5.32 Å². The van der Waals surface area contributed by atoms with Crippen LogP contribution in [0.15, 0.2) is 12.4 Å². The van der Waals surface area contributed by atoms with E-state index in [0.717, 1.165) is 25.5 Å². The lowest BCUT2D eigenvalue weighted by Crippen LogP contribution is -2.07. The summed E-state index contributed by atoms with van der Waals surface area (Å²) in [6.07, 6.45) is 7.48. The summed E-state index contributed by atoms with van der Waals surface area (Å²) in [5.41, 5.74) is 0. The third-order valence-electron chi connectivity index (χ3n) is 2.00. The van der Waals surface area contributed by atoms with Gasteiger partial charge in [0.25, 0.3) is 0 Å². The summed E-state index contributed by atoms with van der Waals surface area (Å²) >= 11 is 0. The second kappa shape index (κ2) is 5.62. The molecule has 1 heterocycles. The SMILES string of the molecule is CCCCn1ccnc1NCCC. The molecule has 0 atom stereocenters. The molecule has 3 nitrogen and oxygen atoms in total. The van der Waals surface area contributed by atoms with Gasteiger partial charge in [0.05, 0.1) is 0 Å². The maximum Gasteiger partial charge on any atom is 0.202 e. The number of hydrogen-bond donors (Lipinski definition) is 1. The summed E-state index contributed by atoms with van der Waals surface area (Å²) in [5, 5.41) is 3.30. The van der Waals surface area contributed by atoms with Gasteiger partial charge in [-0.15, -0.1) is 0 Å². The van der Waals surface area contributed by atoms with E-state index >= 15 is 0 Å². The van der Waals surface area contributed by atoms with Crippen LogP contribution in [0.1, 0.15) is 33.1 Å². The molecule has 0 saturated heterocycles. The Morgan fingerprint density at radius 2 is 2.23 bits per heavy atom. The Bertz CT molecular complexity index is 207. The van der Waals surface area contributed by atoms with Crippen LogP contribution >= 0.6 is 0 Å². The predicted octanol–water partition coefficient (Wildman–Crippen LogP) is 2.51. The van der Waals surface area contributed by atoms with Gasteiger partial charge < -0.3 is 9.88 Å². The average Bonchev–Trinajstić information content (AvgIpc) is 2.59. The quantitative estimate of drug-likeness (QED) is 0.730. The van der Waals surface area contributed by atoms with E-state index in [1.54, 1.807) is 0 Å². The average molecular weight is 181 g/mol. The van der Waals surface area contributed by atoms with E-state index in [0.29, 0.717) is 0 Å². The molecular weight excluding hydrogens is 162 g/mol. The van der Waals surface area contributed by atoms with Crippen molar-refractivity contribution in [1.29, 1.82) is 0 Å². The van der Waals surface area contributed by atoms with Gasteiger partial charge in [0.1, 0.15) is 0 Å². The topological polar surface area (TPSA) is 29.9 Å². The first-order valence-electron chi connectivity index (χ1n) is 5.13. The minimum absolute atomic E-state index is 1.00.